The minimum Gasteiger partial charge on any atom is -0.492 e. The van der Waals surface area contributed by atoms with Crippen molar-refractivity contribution in [2.75, 3.05) is 24.2 Å². The smallest absolute Gasteiger partial charge is 0.337 e. The predicted octanol–water partition coefficient (Wildman–Crippen LogP) is 2.46. The molecular formula is C15H16N2O3. The lowest BCUT2D eigenvalue weighted by Gasteiger charge is -2.10. The maximum Gasteiger partial charge on any atom is 0.337 e. The van der Waals surface area contributed by atoms with Gasteiger partial charge in [-0.1, -0.05) is 18.2 Å². The molecule has 0 aromatic heterocycles. The van der Waals surface area contributed by atoms with Gasteiger partial charge in [0, 0.05) is 17.9 Å². The lowest BCUT2D eigenvalue weighted by molar-refractivity contribution is 0.0698. The molecule has 104 valence electrons. The van der Waals surface area contributed by atoms with Crippen LogP contribution in [0.1, 0.15) is 10.4 Å². The number of nitrogen functional groups attached to an aromatic ring is 1. The summed E-state index contributed by atoms with van der Waals surface area (Å²) >= 11 is 0. The minimum absolute atomic E-state index is 0.107. The molecule has 0 amide bonds. The molecule has 20 heavy (non-hydrogen) atoms. The van der Waals surface area contributed by atoms with E-state index in [1.54, 1.807) is 12.1 Å². The van der Waals surface area contributed by atoms with E-state index in [4.69, 9.17) is 15.6 Å². The number of carboxylic acids is 1. The van der Waals surface area contributed by atoms with E-state index in [-0.39, 0.29) is 11.3 Å². The van der Waals surface area contributed by atoms with Crippen molar-refractivity contribution in [3.63, 3.8) is 0 Å². The Morgan fingerprint density at radius 1 is 1.20 bits per heavy atom. The molecule has 5 nitrogen and oxygen atoms in total. The molecule has 0 bridgehead atoms. The van der Waals surface area contributed by atoms with Gasteiger partial charge in [-0.3, -0.25) is 0 Å². The summed E-state index contributed by atoms with van der Waals surface area (Å²) in [4.78, 5) is 10.8. The van der Waals surface area contributed by atoms with Crippen molar-refractivity contribution in [2.24, 2.45) is 0 Å². The normalized spacial score (nSPS) is 10.0. The Morgan fingerprint density at radius 2 is 1.95 bits per heavy atom. The molecule has 0 aliphatic carbocycles. The second kappa shape index (κ2) is 6.47. The number of ether oxygens (including phenoxy) is 1. The topological polar surface area (TPSA) is 84.6 Å². The van der Waals surface area contributed by atoms with E-state index < -0.39 is 5.97 Å². The minimum atomic E-state index is -1.03. The average molecular weight is 272 g/mol. The number of rotatable bonds is 6. The van der Waals surface area contributed by atoms with E-state index >= 15 is 0 Å². The Kier molecular flexibility index (Phi) is 4.44. The largest absolute Gasteiger partial charge is 0.492 e. The van der Waals surface area contributed by atoms with E-state index in [9.17, 15) is 4.79 Å². The van der Waals surface area contributed by atoms with Gasteiger partial charge in [0.15, 0.2) is 0 Å². The second-order valence-electron chi connectivity index (χ2n) is 4.20. The highest BCUT2D eigenvalue weighted by atomic mass is 16.5. The lowest BCUT2D eigenvalue weighted by Crippen LogP contribution is -2.12. The standard InChI is InChI=1S/C15H16N2O3/c16-14-10-11(6-7-13(14)15(18)19)17-8-9-20-12-4-2-1-3-5-12/h1-7,10,17H,8-9,16H2,(H,18,19). The summed E-state index contributed by atoms with van der Waals surface area (Å²) in [6.07, 6.45) is 0. The number of nitrogens with two attached hydrogens (primary N) is 1. The average Bonchev–Trinajstić information content (AvgIpc) is 2.44. The van der Waals surface area contributed by atoms with Gasteiger partial charge in [-0.05, 0) is 30.3 Å². The summed E-state index contributed by atoms with van der Waals surface area (Å²) in [6, 6.07) is 14.3. The van der Waals surface area contributed by atoms with Crippen LogP contribution in [-0.2, 0) is 0 Å². The maximum absolute atomic E-state index is 10.8. The van der Waals surface area contributed by atoms with Gasteiger partial charge in [-0.25, -0.2) is 4.79 Å². The van der Waals surface area contributed by atoms with Crippen molar-refractivity contribution in [2.45, 2.75) is 0 Å². The molecule has 0 fully saturated rings. The molecule has 0 atom stereocenters. The van der Waals surface area contributed by atoms with Gasteiger partial charge in [-0.2, -0.15) is 0 Å². The lowest BCUT2D eigenvalue weighted by atomic mass is 10.1. The summed E-state index contributed by atoms with van der Waals surface area (Å²) in [5.74, 6) is -0.212. The van der Waals surface area contributed by atoms with Crippen molar-refractivity contribution >= 4 is 17.3 Å². The number of carboxylic acid groups (broad SMARTS) is 1. The Labute approximate surface area is 117 Å². The van der Waals surface area contributed by atoms with Crippen LogP contribution in [0.5, 0.6) is 5.75 Å². The van der Waals surface area contributed by atoms with Gasteiger partial charge in [0.2, 0.25) is 0 Å². The molecule has 2 rings (SSSR count). The van der Waals surface area contributed by atoms with Crippen molar-refractivity contribution in [3.8, 4) is 5.75 Å². The molecule has 0 unspecified atom stereocenters. The zero-order chi connectivity index (χ0) is 14.4. The Hall–Kier alpha value is -2.69. The highest BCUT2D eigenvalue weighted by Gasteiger charge is 2.07. The van der Waals surface area contributed by atoms with E-state index in [0.29, 0.717) is 13.2 Å². The van der Waals surface area contributed by atoms with Crippen LogP contribution in [0.3, 0.4) is 0 Å². The number of hydrogen-bond acceptors (Lipinski definition) is 4. The molecule has 0 radical (unpaired) electrons. The van der Waals surface area contributed by atoms with Crippen molar-refractivity contribution in [3.05, 3.63) is 54.1 Å². The van der Waals surface area contributed by atoms with Gasteiger partial charge >= 0.3 is 5.97 Å². The third-order valence-electron chi connectivity index (χ3n) is 2.73. The number of anilines is 2. The first-order valence-electron chi connectivity index (χ1n) is 6.21. The van der Waals surface area contributed by atoms with Crippen LogP contribution < -0.4 is 15.8 Å². The monoisotopic (exact) mass is 272 g/mol. The third kappa shape index (κ3) is 3.65. The van der Waals surface area contributed by atoms with Gasteiger partial charge in [0.25, 0.3) is 0 Å². The Morgan fingerprint density at radius 3 is 2.60 bits per heavy atom. The van der Waals surface area contributed by atoms with Crippen molar-refractivity contribution in [1.82, 2.24) is 0 Å². The van der Waals surface area contributed by atoms with Crippen LogP contribution in [0.4, 0.5) is 11.4 Å². The second-order valence-corrected chi connectivity index (χ2v) is 4.20. The molecule has 0 saturated carbocycles. The first-order chi connectivity index (χ1) is 9.66. The Bertz CT molecular complexity index is 585. The summed E-state index contributed by atoms with van der Waals surface area (Å²) < 4.78 is 5.53. The number of nitrogens with one attached hydrogen (secondary N) is 1. The number of benzene rings is 2. The number of hydrogen-bond donors (Lipinski definition) is 3. The Balaban J connectivity index is 1.83. The van der Waals surface area contributed by atoms with Crippen LogP contribution in [0, 0.1) is 0 Å². The fourth-order valence-corrected chi connectivity index (χ4v) is 1.75. The van der Waals surface area contributed by atoms with Crippen LogP contribution in [0.2, 0.25) is 0 Å². The molecular weight excluding hydrogens is 256 g/mol. The van der Waals surface area contributed by atoms with Gasteiger partial charge in [0.1, 0.15) is 12.4 Å². The fraction of sp³-hybridized carbons (Fsp3) is 0.133. The van der Waals surface area contributed by atoms with Crippen molar-refractivity contribution in [1.29, 1.82) is 0 Å². The summed E-state index contributed by atoms with van der Waals surface area (Å²) in [6.45, 7) is 1.10. The number of para-hydroxylation sites is 1. The van der Waals surface area contributed by atoms with E-state index in [1.165, 1.54) is 6.07 Å². The molecule has 4 N–H and O–H groups in total. The molecule has 0 aliphatic rings. The maximum atomic E-state index is 10.8. The zero-order valence-electron chi connectivity index (χ0n) is 10.9. The number of carbonyl (C=O) groups is 1. The summed E-state index contributed by atoms with van der Waals surface area (Å²) in [7, 11) is 0. The highest BCUT2D eigenvalue weighted by Crippen LogP contribution is 2.17. The van der Waals surface area contributed by atoms with Gasteiger partial charge in [-0.15, -0.1) is 0 Å². The third-order valence-corrected chi connectivity index (χ3v) is 2.73. The fourth-order valence-electron chi connectivity index (χ4n) is 1.75. The van der Waals surface area contributed by atoms with Crippen LogP contribution in [0.15, 0.2) is 48.5 Å². The first kappa shape index (κ1) is 13.7. The van der Waals surface area contributed by atoms with Crippen LogP contribution >= 0.6 is 0 Å². The molecule has 2 aromatic carbocycles. The van der Waals surface area contributed by atoms with Gasteiger partial charge < -0.3 is 20.9 Å². The molecule has 0 saturated heterocycles. The van der Waals surface area contributed by atoms with Crippen molar-refractivity contribution < 1.29 is 14.6 Å². The molecule has 0 aliphatic heterocycles. The molecule has 5 heteroatoms. The SMILES string of the molecule is Nc1cc(NCCOc2ccccc2)ccc1C(=O)O. The van der Waals surface area contributed by atoms with Crippen LogP contribution in [-0.4, -0.2) is 24.2 Å². The quantitative estimate of drug-likeness (QED) is 0.555. The van der Waals surface area contributed by atoms with Gasteiger partial charge in [0.05, 0.1) is 5.56 Å². The predicted molar refractivity (Wildman–Crippen MR) is 78.2 cm³/mol. The van der Waals surface area contributed by atoms with Crippen LogP contribution in [0.25, 0.3) is 0 Å². The molecule has 0 spiro atoms. The zero-order valence-corrected chi connectivity index (χ0v) is 10.9. The van der Waals surface area contributed by atoms with E-state index in [1.807, 2.05) is 30.3 Å². The summed E-state index contributed by atoms with van der Waals surface area (Å²) in [5, 5.41) is 12.0. The molecule has 2 aromatic rings. The number of aromatic carboxylic acids is 1. The van der Waals surface area contributed by atoms with E-state index in [2.05, 4.69) is 5.32 Å². The molecule has 0 heterocycles. The van der Waals surface area contributed by atoms with E-state index in [0.717, 1.165) is 11.4 Å². The highest BCUT2D eigenvalue weighted by molar-refractivity contribution is 5.94. The summed E-state index contributed by atoms with van der Waals surface area (Å²) in [5.41, 5.74) is 6.78. The first-order valence-corrected chi connectivity index (χ1v) is 6.21.